The predicted octanol–water partition coefficient (Wildman–Crippen LogP) is 3.25. The van der Waals surface area contributed by atoms with E-state index in [0.717, 1.165) is 17.5 Å². The SMILES string of the molecule is CC(C)CC(NC(=O)CNC(=O)Cc1ccccc1)c1ccccc1. The van der Waals surface area contributed by atoms with E-state index in [4.69, 9.17) is 0 Å². The van der Waals surface area contributed by atoms with Gasteiger partial charge in [0.2, 0.25) is 11.8 Å². The Bertz CT molecular complexity index is 669. The molecule has 0 saturated heterocycles. The molecule has 0 aromatic heterocycles. The van der Waals surface area contributed by atoms with Gasteiger partial charge in [0.1, 0.15) is 0 Å². The molecule has 0 aliphatic carbocycles. The van der Waals surface area contributed by atoms with E-state index in [9.17, 15) is 9.59 Å². The van der Waals surface area contributed by atoms with E-state index in [1.165, 1.54) is 0 Å². The first-order valence-electron chi connectivity index (χ1n) is 8.69. The van der Waals surface area contributed by atoms with Crippen LogP contribution in [0, 0.1) is 5.92 Å². The molecule has 4 heteroatoms. The molecule has 0 bridgehead atoms. The molecule has 0 fully saturated rings. The fourth-order valence-corrected chi connectivity index (χ4v) is 2.70. The lowest BCUT2D eigenvalue weighted by atomic mass is 9.97. The van der Waals surface area contributed by atoms with Crippen molar-refractivity contribution in [1.29, 1.82) is 0 Å². The Kier molecular flexibility index (Phi) is 7.20. The Morgan fingerprint density at radius 3 is 2.08 bits per heavy atom. The minimum atomic E-state index is -0.170. The van der Waals surface area contributed by atoms with E-state index in [1.54, 1.807) is 0 Å². The summed E-state index contributed by atoms with van der Waals surface area (Å²) in [4.78, 5) is 24.2. The molecule has 4 nitrogen and oxygen atoms in total. The summed E-state index contributed by atoms with van der Waals surface area (Å²) < 4.78 is 0. The minimum absolute atomic E-state index is 0.00685. The van der Waals surface area contributed by atoms with Gasteiger partial charge in [-0.3, -0.25) is 9.59 Å². The molecule has 2 aromatic carbocycles. The van der Waals surface area contributed by atoms with E-state index >= 15 is 0 Å². The lowest BCUT2D eigenvalue weighted by molar-refractivity contribution is -0.126. The van der Waals surface area contributed by atoms with Gasteiger partial charge in [-0.25, -0.2) is 0 Å². The van der Waals surface area contributed by atoms with Crippen LogP contribution < -0.4 is 10.6 Å². The average Bonchev–Trinajstić information content (AvgIpc) is 2.61. The molecule has 0 aliphatic rings. The summed E-state index contributed by atoms with van der Waals surface area (Å²) in [7, 11) is 0. The van der Waals surface area contributed by atoms with Gasteiger partial charge in [-0.05, 0) is 23.5 Å². The van der Waals surface area contributed by atoms with E-state index in [2.05, 4.69) is 24.5 Å². The van der Waals surface area contributed by atoms with E-state index in [-0.39, 0.29) is 30.8 Å². The Balaban J connectivity index is 1.85. The monoisotopic (exact) mass is 338 g/mol. The van der Waals surface area contributed by atoms with Crippen LogP contribution in [0.25, 0.3) is 0 Å². The van der Waals surface area contributed by atoms with Crippen molar-refractivity contribution in [3.63, 3.8) is 0 Å². The normalized spacial score (nSPS) is 11.8. The number of carbonyl (C=O) groups excluding carboxylic acids is 2. The molecule has 1 atom stereocenters. The molecule has 132 valence electrons. The third-order valence-corrected chi connectivity index (χ3v) is 3.90. The van der Waals surface area contributed by atoms with Gasteiger partial charge in [0.15, 0.2) is 0 Å². The van der Waals surface area contributed by atoms with Crippen LogP contribution in [0.1, 0.15) is 37.4 Å². The fourth-order valence-electron chi connectivity index (χ4n) is 2.70. The lowest BCUT2D eigenvalue weighted by Gasteiger charge is -2.21. The van der Waals surface area contributed by atoms with Crippen LogP contribution in [-0.4, -0.2) is 18.4 Å². The molecule has 25 heavy (non-hydrogen) atoms. The highest BCUT2D eigenvalue weighted by atomic mass is 16.2. The molecule has 0 aliphatic heterocycles. The maximum absolute atomic E-state index is 12.2. The number of nitrogens with one attached hydrogen (secondary N) is 2. The number of benzene rings is 2. The van der Waals surface area contributed by atoms with Crippen LogP contribution in [0.5, 0.6) is 0 Å². The van der Waals surface area contributed by atoms with Crippen LogP contribution in [0.4, 0.5) is 0 Å². The molecule has 0 spiro atoms. The highest BCUT2D eigenvalue weighted by Crippen LogP contribution is 2.20. The van der Waals surface area contributed by atoms with E-state index in [1.807, 2.05) is 60.7 Å². The maximum Gasteiger partial charge on any atom is 0.239 e. The molecule has 0 radical (unpaired) electrons. The molecule has 2 amide bonds. The Morgan fingerprint density at radius 1 is 0.880 bits per heavy atom. The molecule has 2 rings (SSSR count). The Labute approximate surface area is 149 Å². The topological polar surface area (TPSA) is 58.2 Å². The quantitative estimate of drug-likeness (QED) is 0.776. The fraction of sp³-hybridized carbons (Fsp3) is 0.333. The summed E-state index contributed by atoms with van der Waals surface area (Å²) in [5, 5.41) is 5.72. The second-order valence-corrected chi connectivity index (χ2v) is 6.60. The zero-order chi connectivity index (χ0) is 18.1. The van der Waals surface area contributed by atoms with Gasteiger partial charge in [-0.1, -0.05) is 74.5 Å². The van der Waals surface area contributed by atoms with Gasteiger partial charge in [0.25, 0.3) is 0 Å². The molecular formula is C21H26N2O2. The molecule has 1 unspecified atom stereocenters. The van der Waals surface area contributed by atoms with Crippen LogP contribution in [-0.2, 0) is 16.0 Å². The van der Waals surface area contributed by atoms with Gasteiger partial charge in [0, 0.05) is 0 Å². The van der Waals surface area contributed by atoms with Crippen molar-refractivity contribution in [2.45, 2.75) is 32.7 Å². The zero-order valence-corrected chi connectivity index (χ0v) is 14.9. The number of hydrogen-bond acceptors (Lipinski definition) is 2. The van der Waals surface area contributed by atoms with Gasteiger partial charge in [-0.2, -0.15) is 0 Å². The summed E-state index contributed by atoms with van der Waals surface area (Å²) in [6.07, 6.45) is 1.13. The molecule has 0 heterocycles. The summed E-state index contributed by atoms with van der Waals surface area (Å²) in [5.74, 6) is 0.135. The van der Waals surface area contributed by atoms with Crippen molar-refractivity contribution in [3.05, 3.63) is 71.8 Å². The maximum atomic E-state index is 12.2. The third-order valence-electron chi connectivity index (χ3n) is 3.90. The minimum Gasteiger partial charge on any atom is -0.348 e. The van der Waals surface area contributed by atoms with Crippen LogP contribution in [0.3, 0.4) is 0 Å². The second kappa shape index (κ2) is 9.62. The summed E-state index contributed by atoms with van der Waals surface area (Å²) in [6.45, 7) is 4.25. The summed E-state index contributed by atoms with van der Waals surface area (Å²) >= 11 is 0. The van der Waals surface area contributed by atoms with Gasteiger partial charge >= 0.3 is 0 Å². The van der Waals surface area contributed by atoms with E-state index in [0.29, 0.717) is 5.92 Å². The van der Waals surface area contributed by atoms with Gasteiger partial charge < -0.3 is 10.6 Å². The standard InChI is InChI=1S/C21H26N2O2/c1-16(2)13-19(18-11-7-4-8-12-18)23-21(25)15-22-20(24)14-17-9-5-3-6-10-17/h3-12,16,19H,13-15H2,1-2H3,(H,22,24)(H,23,25). The number of amides is 2. The van der Waals surface area contributed by atoms with Crippen molar-refractivity contribution >= 4 is 11.8 Å². The molecular weight excluding hydrogens is 312 g/mol. The van der Waals surface area contributed by atoms with Crippen LogP contribution in [0.15, 0.2) is 60.7 Å². The average molecular weight is 338 g/mol. The first kappa shape index (κ1) is 18.7. The van der Waals surface area contributed by atoms with E-state index < -0.39 is 0 Å². The van der Waals surface area contributed by atoms with Gasteiger partial charge in [0.05, 0.1) is 19.0 Å². The van der Waals surface area contributed by atoms with Crippen LogP contribution in [0.2, 0.25) is 0 Å². The highest BCUT2D eigenvalue weighted by Gasteiger charge is 2.16. The van der Waals surface area contributed by atoms with Crippen molar-refractivity contribution in [1.82, 2.24) is 10.6 Å². The van der Waals surface area contributed by atoms with Crippen molar-refractivity contribution in [3.8, 4) is 0 Å². The van der Waals surface area contributed by atoms with Crippen molar-refractivity contribution in [2.24, 2.45) is 5.92 Å². The predicted molar refractivity (Wildman–Crippen MR) is 99.9 cm³/mol. The molecule has 2 N–H and O–H groups in total. The number of hydrogen-bond donors (Lipinski definition) is 2. The number of carbonyl (C=O) groups is 2. The smallest absolute Gasteiger partial charge is 0.239 e. The summed E-state index contributed by atoms with van der Waals surface area (Å²) in [5.41, 5.74) is 2.02. The Hall–Kier alpha value is -2.62. The summed E-state index contributed by atoms with van der Waals surface area (Å²) in [6, 6.07) is 19.4. The largest absolute Gasteiger partial charge is 0.348 e. The first-order valence-corrected chi connectivity index (χ1v) is 8.69. The Morgan fingerprint density at radius 2 is 1.48 bits per heavy atom. The third kappa shape index (κ3) is 6.79. The molecule has 0 saturated carbocycles. The highest BCUT2D eigenvalue weighted by molar-refractivity contribution is 5.85. The molecule has 2 aromatic rings. The zero-order valence-electron chi connectivity index (χ0n) is 14.9. The van der Waals surface area contributed by atoms with Gasteiger partial charge in [-0.15, -0.1) is 0 Å². The van der Waals surface area contributed by atoms with Crippen LogP contribution >= 0.6 is 0 Å². The lowest BCUT2D eigenvalue weighted by Crippen LogP contribution is -2.39. The van der Waals surface area contributed by atoms with Crippen molar-refractivity contribution in [2.75, 3.05) is 6.54 Å². The number of rotatable bonds is 8. The van der Waals surface area contributed by atoms with Crippen molar-refractivity contribution < 1.29 is 9.59 Å². The second-order valence-electron chi connectivity index (χ2n) is 6.60. The first-order chi connectivity index (χ1) is 12.0.